The Morgan fingerprint density at radius 3 is 2.77 bits per heavy atom. The van der Waals surface area contributed by atoms with Crippen molar-refractivity contribution in [3.05, 3.63) is 34.9 Å². The van der Waals surface area contributed by atoms with Crippen LogP contribution in [0.25, 0.3) is 0 Å². The Kier molecular flexibility index (Phi) is 4.33. The molecule has 72 valence electrons. The van der Waals surface area contributed by atoms with E-state index in [1.54, 1.807) is 0 Å². The lowest BCUT2D eigenvalue weighted by molar-refractivity contribution is 1.15. The molecule has 1 aromatic rings. The van der Waals surface area contributed by atoms with E-state index in [0.717, 1.165) is 18.1 Å². The predicted molar refractivity (Wildman–Crippen MR) is 61.1 cm³/mol. The van der Waals surface area contributed by atoms with Crippen molar-refractivity contribution >= 4 is 11.8 Å². The van der Waals surface area contributed by atoms with Crippen molar-refractivity contribution in [2.75, 3.05) is 12.3 Å². The third-order valence-electron chi connectivity index (χ3n) is 2.02. The maximum atomic E-state index is 5.44. The van der Waals surface area contributed by atoms with E-state index in [-0.39, 0.29) is 0 Å². The predicted octanol–water partition coefficient (Wildman–Crippen LogP) is 2.50. The van der Waals surface area contributed by atoms with Gasteiger partial charge in [-0.05, 0) is 25.0 Å². The molecule has 0 heterocycles. The molecule has 0 radical (unpaired) electrons. The topological polar surface area (TPSA) is 26.0 Å². The molecular weight excluding hydrogens is 178 g/mol. The summed E-state index contributed by atoms with van der Waals surface area (Å²) in [6.45, 7) is 5.07. The minimum Gasteiger partial charge on any atom is -0.330 e. The average Bonchev–Trinajstić information content (AvgIpc) is 2.11. The molecule has 2 heteroatoms. The monoisotopic (exact) mass is 195 g/mol. The molecule has 1 aromatic carbocycles. The maximum absolute atomic E-state index is 5.44. The van der Waals surface area contributed by atoms with Gasteiger partial charge in [0.15, 0.2) is 0 Å². The van der Waals surface area contributed by atoms with Crippen LogP contribution < -0.4 is 5.73 Å². The fraction of sp³-hybridized carbons (Fsp3) is 0.455. The summed E-state index contributed by atoms with van der Waals surface area (Å²) in [7, 11) is 0. The van der Waals surface area contributed by atoms with Crippen LogP contribution in [0.1, 0.15) is 16.7 Å². The van der Waals surface area contributed by atoms with E-state index in [0.29, 0.717) is 0 Å². The molecular formula is C11H17NS. The van der Waals surface area contributed by atoms with Gasteiger partial charge in [-0.3, -0.25) is 0 Å². The van der Waals surface area contributed by atoms with Gasteiger partial charge in [0, 0.05) is 18.1 Å². The molecule has 0 fully saturated rings. The van der Waals surface area contributed by atoms with Crippen LogP contribution in [-0.4, -0.2) is 12.3 Å². The van der Waals surface area contributed by atoms with Crippen LogP contribution in [0.4, 0.5) is 0 Å². The lowest BCUT2D eigenvalue weighted by Crippen LogP contribution is -2.01. The van der Waals surface area contributed by atoms with Crippen LogP contribution in [0, 0.1) is 13.8 Å². The fourth-order valence-corrected chi connectivity index (χ4v) is 2.06. The average molecular weight is 195 g/mol. The van der Waals surface area contributed by atoms with Crippen LogP contribution in [-0.2, 0) is 5.75 Å². The van der Waals surface area contributed by atoms with Crippen molar-refractivity contribution in [3.8, 4) is 0 Å². The Morgan fingerprint density at radius 1 is 1.31 bits per heavy atom. The zero-order chi connectivity index (χ0) is 9.68. The highest BCUT2D eigenvalue weighted by Gasteiger charge is 1.98. The Morgan fingerprint density at radius 2 is 2.08 bits per heavy atom. The van der Waals surface area contributed by atoms with Crippen molar-refractivity contribution in [1.82, 2.24) is 0 Å². The van der Waals surface area contributed by atoms with Gasteiger partial charge < -0.3 is 5.73 Å². The molecule has 0 unspecified atom stereocenters. The number of aryl methyl sites for hydroxylation is 2. The van der Waals surface area contributed by atoms with Crippen LogP contribution in [0.15, 0.2) is 18.2 Å². The second-order valence-corrected chi connectivity index (χ2v) is 4.38. The van der Waals surface area contributed by atoms with E-state index in [9.17, 15) is 0 Å². The summed E-state index contributed by atoms with van der Waals surface area (Å²) in [5.41, 5.74) is 9.61. The molecule has 0 atom stereocenters. The van der Waals surface area contributed by atoms with Crippen LogP contribution in [0.2, 0.25) is 0 Å². The molecule has 0 aromatic heterocycles. The highest BCUT2D eigenvalue weighted by atomic mass is 32.2. The second-order valence-electron chi connectivity index (χ2n) is 3.27. The number of thioether (sulfide) groups is 1. The number of rotatable bonds is 4. The minimum atomic E-state index is 0.773. The van der Waals surface area contributed by atoms with Crippen LogP contribution in [0.3, 0.4) is 0 Å². The Balaban J connectivity index is 2.59. The van der Waals surface area contributed by atoms with Gasteiger partial charge in [-0.25, -0.2) is 0 Å². The first-order valence-corrected chi connectivity index (χ1v) is 5.73. The van der Waals surface area contributed by atoms with Gasteiger partial charge in [-0.1, -0.05) is 23.8 Å². The smallest absolute Gasteiger partial charge is 0.0187 e. The quantitative estimate of drug-likeness (QED) is 0.747. The summed E-state index contributed by atoms with van der Waals surface area (Å²) in [5, 5.41) is 0. The SMILES string of the molecule is Cc1ccc(C)c(CSCCN)c1. The first kappa shape index (κ1) is 10.6. The fourth-order valence-electron chi connectivity index (χ4n) is 1.22. The summed E-state index contributed by atoms with van der Waals surface area (Å²) in [5.74, 6) is 2.14. The summed E-state index contributed by atoms with van der Waals surface area (Å²) in [6, 6.07) is 6.61. The number of benzene rings is 1. The number of nitrogens with two attached hydrogens (primary N) is 1. The maximum Gasteiger partial charge on any atom is 0.0187 e. The van der Waals surface area contributed by atoms with E-state index < -0.39 is 0 Å². The Bertz CT molecular complexity index is 271. The lowest BCUT2D eigenvalue weighted by atomic mass is 10.1. The third-order valence-corrected chi connectivity index (χ3v) is 3.06. The summed E-state index contributed by atoms with van der Waals surface area (Å²) in [4.78, 5) is 0. The molecule has 0 bridgehead atoms. The summed E-state index contributed by atoms with van der Waals surface area (Å²) < 4.78 is 0. The molecule has 2 N–H and O–H groups in total. The van der Waals surface area contributed by atoms with Gasteiger partial charge in [-0.2, -0.15) is 11.8 Å². The molecule has 0 aliphatic rings. The van der Waals surface area contributed by atoms with Gasteiger partial charge in [-0.15, -0.1) is 0 Å². The van der Waals surface area contributed by atoms with Crippen molar-refractivity contribution in [2.24, 2.45) is 5.73 Å². The molecule has 1 nitrogen and oxygen atoms in total. The Labute approximate surface area is 84.7 Å². The van der Waals surface area contributed by atoms with Crippen molar-refractivity contribution in [1.29, 1.82) is 0 Å². The highest BCUT2D eigenvalue weighted by molar-refractivity contribution is 7.98. The highest BCUT2D eigenvalue weighted by Crippen LogP contribution is 2.17. The molecule has 1 rings (SSSR count). The molecule has 13 heavy (non-hydrogen) atoms. The first-order valence-electron chi connectivity index (χ1n) is 4.58. The molecule has 0 saturated heterocycles. The number of hydrogen-bond acceptors (Lipinski definition) is 2. The first-order chi connectivity index (χ1) is 6.24. The normalized spacial score (nSPS) is 10.4. The van der Waals surface area contributed by atoms with Gasteiger partial charge >= 0.3 is 0 Å². The minimum absolute atomic E-state index is 0.773. The van der Waals surface area contributed by atoms with Crippen molar-refractivity contribution < 1.29 is 0 Å². The summed E-state index contributed by atoms with van der Waals surface area (Å²) in [6.07, 6.45) is 0. The largest absolute Gasteiger partial charge is 0.330 e. The van der Waals surface area contributed by atoms with E-state index in [1.807, 2.05) is 11.8 Å². The zero-order valence-electron chi connectivity index (χ0n) is 8.34. The van der Waals surface area contributed by atoms with Crippen LogP contribution >= 0.6 is 11.8 Å². The van der Waals surface area contributed by atoms with Crippen molar-refractivity contribution in [3.63, 3.8) is 0 Å². The van der Waals surface area contributed by atoms with E-state index in [1.165, 1.54) is 16.7 Å². The van der Waals surface area contributed by atoms with E-state index in [2.05, 4.69) is 32.0 Å². The second kappa shape index (κ2) is 5.30. The Hall–Kier alpha value is -0.470. The number of hydrogen-bond donors (Lipinski definition) is 1. The molecule has 0 saturated carbocycles. The van der Waals surface area contributed by atoms with E-state index in [4.69, 9.17) is 5.73 Å². The standard InChI is InChI=1S/C11H17NS/c1-9-3-4-10(2)11(7-9)8-13-6-5-12/h3-4,7H,5-6,8,12H2,1-2H3. The van der Waals surface area contributed by atoms with E-state index >= 15 is 0 Å². The van der Waals surface area contributed by atoms with Gasteiger partial charge in [0.2, 0.25) is 0 Å². The molecule has 0 amide bonds. The van der Waals surface area contributed by atoms with Gasteiger partial charge in [0.25, 0.3) is 0 Å². The molecule has 0 aliphatic heterocycles. The molecule has 0 aliphatic carbocycles. The van der Waals surface area contributed by atoms with Crippen LogP contribution in [0.5, 0.6) is 0 Å². The van der Waals surface area contributed by atoms with Gasteiger partial charge in [0.1, 0.15) is 0 Å². The van der Waals surface area contributed by atoms with Crippen molar-refractivity contribution in [2.45, 2.75) is 19.6 Å². The third kappa shape index (κ3) is 3.41. The molecule has 0 spiro atoms. The summed E-state index contributed by atoms with van der Waals surface area (Å²) >= 11 is 1.90. The van der Waals surface area contributed by atoms with Gasteiger partial charge in [0.05, 0.1) is 0 Å². The lowest BCUT2D eigenvalue weighted by Gasteiger charge is -2.05. The zero-order valence-corrected chi connectivity index (χ0v) is 9.16.